The number of likely N-dealkylation sites (N-methyl/N-ethyl adjacent to an activating group) is 1. The van der Waals surface area contributed by atoms with E-state index in [9.17, 15) is 9.18 Å². The van der Waals surface area contributed by atoms with Crippen LogP contribution in [-0.4, -0.2) is 75.0 Å². The van der Waals surface area contributed by atoms with Crippen LogP contribution in [0.25, 0.3) is 17.0 Å². The Balaban J connectivity index is 1.51. The highest BCUT2D eigenvalue weighted by Gasteiger charge is 2.29. The summed E-state index contributed by atoms with van der Waals surface area (Å²) in [6, 6.07) is 12.2. The standard InChI is InChI=1S/C25H26FN9O/c1-16-13-29-31-24(16)20-9-22-30-21(25(36)28-14-18-5-3-17(12-27)4-6-18)10-23(35(22)32-20)34-8-7-33(2)15-19(34)11-26/h3-6,9-10,13,19H,7-8,11,14-15H2,1-2H3,(H,28,36)(H,29,31)/t19-/m1/s1. The molecule has 1 atom stereocenters. The predicted molar refractivity (Wildman–Crippen MR) is 132 cm³/mol. The predicted octanol–water partition coefficient (Wildman–Crippen LogP) is 2.32. The molecular formula is C25H26FN9O. The van der Waals surface area contributed by atoms with Gasteiger partial charge < -0.3 is 15.1 Å². The van der Waals surface area contributed by atoms with E-state index in [0.29, 0.717) is 35.8 Å². The molecule has 0 aliphatic carbocycles. The van der Waals surface area contributed by atoms with Crippen LogP contribution in [-0.2, 0) is 6.54 Å². The maximum absolute atomic E-state index is 14.1. The van der Waals surface area contributed by atoms with E-state index in [1.807, 2.05) is 18.9 Å². The first-order valence-corrected chi connectivity index (χ1v) is 11.7. The van der Waals surface area contributed by atoms with Gasteiger partial charge >= 0.3 is 0 Å². The zero-order valence-corrected chi connectivity index (χ0v) is 20.1. The quantitative estimate of drug-likeness (QED) is 0.429. The van der Waals surface area contributed by atoms with Crippen molar-refractivity contribution in [3.05, 3.63) is 65.0 Å². The summed E-state index contributed by atoms with van der Waals surface area (Å²) in [4.78, 5) is 21.8. The Hall–Kier alpha value is -4.30. The largest absolute Gasteiger partial charge is 0.348 e. The highest BCUT2D eigenvalue weighted by molar-refractivity contribution is 5.93. The van der Waals surface area contributed by atoms with Gasteiger partial charge in [0.15, 0.2) is 5.65 Å². The number of nitrogens with zero attached hydrogens (tertiary/aromatic N) is 7. The molecule has 4 heterocycles. The summed E-state index contributed by atoms with van der Waals surface area (Å²) in [5.74, 6) is 0.261. The number of benzene rings is 1. The maximum Gasteiger partial charge on any atom is 0.270 e. The normalized spacial score (nSPS) is 16.3. The third kappa shape index (κ3) is 4.50. The Bertz CT molecular complexity index is 1440. The zero-order chi connectivity index (χ0) is 25.2. The van der Waals surface area contributed by atoms with Crippen molar-refractivity contribution >= 4 is 17.4 Å². The van der Waals surface area contributed by atoms with E-state index in [2.05, 4.69) is 31.5 Å². The second-order valence-corrected chi connectivity index (χ2v) is 8.98. The lowest BCUT2D eigenvalue weighted by atomic mass is 10.1. The third-order valence-electron chi connectivity index (χ3n) is 6.42. The van der Waals surface area contributed by atoms with Crippen molar-refractivity contribution in [1.29, 1.82) is 5.26 Å². The molecule has 1 aromatic carbocycles. The molecule has 0 spiro atoms. The number of amides is 1. The van der Waals surface area contributed by atoms with Crippen molar-refractivity contribution in [3.8, 4) is 17.5 Å². The summed E-state index contributed by atoms with van der Waals surface area (Å²) in [6.45, 7) is 3.60. The smallest absolute Gasteiger partial charge is 0.270 e. The number of carbonyl (C=O) groups is 1. The van der Waals surface area contributed by atoms with E-state index in [0.717, 1.165) is 23.4 Å². The molecule has 0 bridgehead atoms. The highest BCUT2D eigenvalue weighted by atomic mass is 19.1. The summed E-state index contributed by atoms with van der Waals surface area (Å²) in [7, 11) is 1.97. The van der Waals surface area contributed by atoms with Gasteiger partial charge in [-0.3, -0.25) is 9.89 Å². The summed E-state index contributed by atoms with van der Waals surface area (Å²) < 4.78 is 15.7. The number of halogens is 1. The van der Waals surface area contributed by atoms with Crippen molar-refractivity contribution in [2.75, 3.05) is 38.3 Å². The van der Waals surface area contributed by atoms with Gasteiger partial charge in [-0.15, -0.1) is 0 Å². The van der Waals surface area contributed by atoms with Gasteiger partial charge in [0, 0.05) is 38.3 Å². The van der Waals surface area contributed by atoms with E-state index in [1.165, 1.54) is 0 Å². The fourth-order valence-electron chi connectivity index (χ4n) is 4.42. The molecule has 3 aromatic heterocycles. The first kappa shape index (κ1) is 23.4. The molecule has 0 saturated carbocycles. The van der Waals surface area contributed by atoms with Gasteiger partial charge in [0.25, 0.3) is 5.91 Å². The molecule has 0 unspecified atom stereocenters. The molecule has 10 nitrogen and oxygen atoms in total. The summed E-state index contributed by atoms with van der Waals surface area (Å²) in [5, 5.41) is 23.6. The number of alkyl halides is 1. The van der Waals surface area contributed by atoms with E-state index in [-0.39, 0.29) is 24.2 Å². The van der Waals surface area contributed by atoms with Gasteiger partial charge in [-0.2, -0.15) is 20.0 Å². The van der Waals surface area contributed by atoms with Crippen LogP contribution >= 0.6 is 0 Å². The first-order chi connectivity index (χ1) is 17.5. The molecule has 36 heavy (non-hydrogen) atoms. The summed E-state index contributed by atoms with van der Waals surface area (Å²) in [5.41, 5.74) is 4.45. The topological polar surface area (TPSA) is 118 Å². The van der Waals surface area contributed by atoms with Crippen molar-refractivity contribution in [3.63, 3.8) is 0 Å². The number of hydrogen-bond acceptors (Lipinski definition) is 7. The van der Waals surface area contributed by atoms with E-state index < -0.39 is 6.67 Å². The van der Waals surface area contributed by atoms with Crippen LogP contribution in [0.4, 0.5) is 10.2 Å². The van der Waals surface area contributed by atoms with Crippen LogP contribution in [0.2, 0.25) is 0 Å². The second kappa shape index (κ2) is 9.75. The molecule has 0 radical (unpaired) electrons. The Morgan fingerprint density at radius 1 is 1.28 bits per heavy atom. The lowest BCUT2D eigenvalue weighted by Crippen LogP contribution is -2.53. The lowest BCUT2D eigenvalue weighted by molar-refractivity contribution is 0.0946. The first-order valence-electron chi connectivity index (χ1n) is 11.7. The number of piperazine rings is 1. The summed E-state index contributed by atoms with van der Waals surface area (Å²) in [6.07, 6.45) is 1.72. The monoisotopic (exact) mass is 487 g/mol. The third-order valence-corrected chi connectivity index (χ3v) is 6.42. The SMILES string of the molecule is Cc1cn[nH]c1-c1cc2nc(C(=O)NCc3ccc(C#N)cc3)cc(N3CCN(C)C[C@H]3CF)n2n1. The van der Waals surface area contributed by atoms with Crippen LogP contribution in [0.3, 0.4) is 0 Å². The second-order valence-electron chi connectivity index (χ2n) is 8.98. The van der Waals surface area contributed by atoms with Gasteiger partial charge in [-0.05, 0) is 37.2 Å². The number of aromatic nitrogens is 5. The molecule has 5 rings (SSSR count). The molecule has 1 aliphatic heterocycles. The van der Waals surface area contributed by atoms with Crippen LogP contribution in [0.1, 0.15) is 27.2 Å². The highest BCUT2D eigenvalue weighted by Crippen LogP contribution is 2.27. The van der Waals surface area contributed by atoms with Gasteiger partial charge in [0.2, 0.25) is 0 Å². The van der Waals surface area contributed by atoms with Crippen LogP contribution in [0, 0.1) is 18.3 Å². The number of H-pyrrole nitrogens is 1. The number of nitriles is 1. The van der Waals surface area contributed by atoms with Crippen molar-refractivity contribution in [2.45, 2.75) is 19.5 Å². The minimum atomic E-state index is -0.526. The number of hydrogen-bond donors (Lipinski definition) is 2. The molecule has 4 aromatic rings. The van der Waals surface area contributed by atoms with E-state index in [4.69, 9.17) is 10.4 Å². The van der Waals surface area contributed by atoms with Crippen molar-refractivity contribution in [1.82, 2.24) is 35.0 Å². The van der Waals surface area contributed by atoms with E-state index >= 15 is 0 Å². The molecular weight excluding hydrogens is 461 g/mol. The number of aryl methyl sites for hydroxylation is 1. The van der Waals surface area contributed by atoms with Crippen molar-refractivity contribution in [2.24, 2.45) is 0 Å². The van der Waals surface area contributed by atoms with E-state index in [1.54, 1.807) is 47.1 Å². The molecule has 184 valence electrons. The number of aromatic amines is 1. The molecule has 1 saturated heterocycles. The molecule has 2 N–H and O–H groups in total. The summed E-state index contributed by atoms with van der Waals surface area (Å²) >= 11 is 0. The number of fused-ring (bicyclic) bond motifs is 1. The Kier molecular flexibility index (Phi) is 6.35. The minimum absolute atomic E-state index is 0.218. The molecule has 1 aliphatic rings. The van der Waals surface area contributed by atoms with Crippen LogP contribution in [0.15, 0.2) is 42.6 Å². The molecule has 11 heteroatoms. The average Bonchev–Trinajstić information content (AvgIpc) is 3.52. The Morgan fingerprint density at radius 3 is 2.78 bits per heavy atom. The number of carbonyl (C=O) groups excluding carboxylic acids is 1. The molecule has 1 fully saturated rings. The van der Waals surface area contributed by atoms with Gasteiger partial charge in [-0.25, -0.2) is 9.37 Å². The number of anilines is 1. The fourth-order valence-corrected chi connectivity index (χ4v) is 4.42. The Labute approximate surface area is 207 Å². The van der Waals surface area contributed by atoms with Gasteiger partial charge in [0.1, 0.15) is 23.9 Å². The van der Waals surface area contributed by atoms with Crippen molar-refractivity contribution < 1.29 is 9.18 Å². The maximum atomic E-state index is 14.1. The lowest BCUT2D eigenvalue weighted by Gasteiger charge is -2.40. The van der Waals surface area contributed by atoms with Gasteiger partial charge in [-0.1, -0.05) is 12.1 Å². The fraction of sp³-hybridized carbons (Fsp3) is 0.320. The average molecular weight is 488 g/mol. The zero-order valence-electron chi connectivity index (χ0n) is 20.1. The number of rotatable bonds is 6. The number of nitrogens with one attached hydrogen (secondary N) is 2. The van der Waals surface area contributed by atoms with Gasteiger partial charge in [0.05, 0.1) is 29.6 Å². The van der Waals surface area contributed by atoms with Crippen LogP contribution in [0.5, 0.6) is 0 Å². The van der Waals surface area contributed by atoms with Crippen LogP contribution < -0.4 is 10.2 Å². The Morgan fingerprint density at radius 2 is 2.08 bits per heavy atom. The minimum Gasteiger partial charge on any atom is -0.348 e. The molecule has 1 amide bonds.